The lowest BCUT2D eigenvalue weighted by molar-refractivity contribution is 0.0984. The fourth-order valence-corrected chi connectivity index (χ4v) is 3.80. The Kier molecular flexibility index (Phi) is 5.36. The van der Waals surface area contributed by atoms with Crippen molar-refractivity contribution in [3.8, 4) is 0 Å². The third-order valence-electron chi connectivity index (χ3n) is 5.24. The van der Waals surface area contributed by atoms with Gasteiger partial charge in [-0.05, 0) is 73.4 Å². The van der Waals surface area contributed by atoms with Gasteiger partial charge in [0.2, 0.25) is 0 Å². The summed E-state index contributed by atoms with van der Waals surface area (Å²) in [6.45, 7) is 2.55. The molecule has 0 saturated carbocycles. The molecular weight excluding hydrogens is 384 g/mol. The molecule has 4 rings (SSSR count). The van der Waals surface area contributed by atoms with Crippen LogP contribution in [-0.4, -0.2) is 18.4 Å². The second-order valence-corrected chi connectivity index (χ2v) is 7.54. The predicted octanol–water partition coefficient (Wildman–Crippen LogP) is 5.49. The molecule has 0 bridgehead atoms. The van der Waals surface area contributed by atoms with Crippen LogP contribution in [0, 0.1) is 6.92 Å². The average Bonchev–Trinajstić information content (AvgIpc) is 2.76. The Labute approximate surface area is 175 Å². The van der Waals surface area contributed by atoms with Crippen molar-refractivity contribution < 1.29 is 9.59 Å². The van der Waals surface area contributed by atoms with Crippen molar-refractivity contribution in [1.82, 2.24) is 0 Å². The minimum Gasteiger partial charge on any atom is -0.322 e. The number of fused-ring (bicyclic) bond motifs is 1. The SMILES string of the molecule is Cc1c(Cl)cccc1NC(=O)c1ccc2c(c1)CCCN2C(=O)c1ccccc1. The monoisotopic (exact) mass is 404 g/mol. The Hall–Kier alpha value is -3.11. The van der Waals surface area contributed by atoms with Crippen LogP contribution >= 0.6 is 11.6 Å². The predicted molar refractivity (Wildman–Crippen MR) is 117 cm³/mol. The number of benzene rings is 3. The van der Waals surface area contributed by atoms with Crippen LogP contribution in [0.1, 0.15) is 38.3 Å². The summed E-state index contributed by atoms with van der Waals surface area (Å²) in [5.74, 6) is -0.206. The van der Waals surface area contributed by atoms with Crippen molar-refractivity contribution >= 4 is 34.8 Å². The molecule has 0 radical (unpaired) electrons. The molecule has 0 aliphatic carbocycles. The van der Waals surface area contributed by atoms with Gasteiger partial charge in [-0.2, -0.15) is 0 Å². The van der Waals surface area contributed by atoms with E-state index in [9.17, 15) is 9.59 Å². The van der Waals surface area contributed by atoms with E-state index in [-0.39, 0.29) is 11.8 Å². The van der Waals surface area contributed by atoms with Gasteiger partial charge in [-0.25, -0.2) is 0 Å². The fraction of sp³-hybridized carbons (Fsp3) is 0.167. The maximum Gasteiger partial charge on any atom is 0.258 e. The summed E-state index contributed by atoms with van der Waals surface area (Å²) >= 11 is 6.15. The van der Waals surface area contributed by atoms with E-state index in [0.29, 0.717) is 28.4 Å². The molecule has 0 aromatic heterocycles. The molecule has 29 heavy (non-hydrogen) atoms. The second kappa shape index (κ2) is 8.10. The standard InChI is InChI=1S/C24H21ClN2O2/c1-16-20(25)10-5-11-21(16)26-23(28)19-12-13-22-18(15-19)9-6-14-27(22)24(29)17-7-3-2-4-8-17/h2-5,7-8,10-13,15H,6,9,14H2,1H3,(H,26,28). The maximum atomic E-state index is 12.9. The zero-order valence-corrected chi connectivity index (χ0v) is 16.9. The smallest absolute Gasteiger partial charge is 0.258 e. The van der Waals surface area contributed by atoms with Gasteiger partial charge in [0.05, 0.1) is 0 Å². The average molecular weight is 405 g/mol. The first kappa shape index (κ1) is 19.2. The highest BCUT2D eigenvalue weighted by molar-refractivity contribution is 6.31. The molecule has 0 atom stereocenters. The Bertz CT molecular complexity index is 1080. The first-order valence-electron chi connectivity index (χ1n) is 9.61. The van der Waals surface area contributed by atoms with Crippen molar-refractivity contribution in [3.63, 3.8) is 0 Å². The Morgan fingerprint density at radius 1 is 0.966 bits per heavy atom. The number of aryl methyl sites for hydroxylation is 1. The van der Waals surface area contributed by atoms with Gasteiger partial charge >= 0.3 is 0 Å². The molecule has 146 valence electrons. The number of nitrogens with one attached hydrogen (secondary N) is 1. The van der Waals surface area contributed by atoms with Crippen molar-refractivity contribution in [2.24, 2.45) is 0 Å². The van der Waals surface area contributed by atoms with Gasteiger partial charge < -0.3 is 10.2 Å². The summed E-state index contributed by atoms with van der Waals surface area (Å²) in [5.41, 5.74) is 4.65. The molecule has 0 unspecified atom stereocenters. The lowest BCUT2D eigenvalue weighted by Gasteiger charge is -2.30. The third-order valence-corrected chi connectivity index (χ3v) is 5.65. The molecular formula is C24H21ClN2O2. The van der Waals surface area contributed by atoms with Crippen LogP contribution in [0.5, 0.6) is 0 Å². The highest BCUT2D eigenvalue weighted by atomic mass is 35.5. The van der Waals surface area contributed by atoms with Gasteiger partial charge in [0, 0.05) is 34.1 Å². The van der Waals surface area contributed by atoms with Gasteiger partial charge in [0.15, 0.2) is 0 Å². The molecule has 0 saturated heterocycles. The second-order valence-electron chi connectivity index (χ2n) is 7.14. The van der Waals surface area contributed by atoms with E-state index in [1.807, 2.05) is 61.5 Å². The summed E-state index contributed by atoms with van der Waals surface area (Å²) in [5, 5.41) is 3.54. The van der Waals surface area contributed by atoms with Gasteiger partial charge in [0.25, 0.3) is 11.8 Å². The van der Waals surface area contributed by atoms with E-state index in [2.05, 4.69) is 5.32 Å². The summed E-state index contributed by atoms with van der Waals surface area (Å²) < 4.78 is 0. The van der Waals surface area contributed by atoms with Gasteiger partial charge in [0.1, 0.15) is 0 Å². The summed E-state index contributed by atoms with van der Waals surface area (Å²) in [6.07, 6.45) is 1.70. The lowest BCUT2D eigenvalue weighted by atomic mass is 9.98. The van der Waals surface area contributed by atoms with Crippen molar-refractivity contribution in [3.05, 3.63) is 94.0 Å². The van der Waals surface area contributed by atoms with Crippen molar-refractivity contribution in [2.45, 2.75) is 19.8 Å². The highest BCUT2D eigenvalue weighted by Crippen LogP contribution is 2.30. The van der Waals surface area contributed by atoms with Gasteiger partial charge in [-0.15, -0.1) is 0 Å². The van der Waals surface area contributed by atoms with Gasteiger partial charge in [-0.3, -0.25) is 9.59 Å². The Balaban J connectivity index is 1.59. The molecule has 0 fully saturated rings. The fourth-order valence-electron chi connectivity index (χ4n) is 3.62. The molecule has 3 aromatic carbocycles. The number of carbonyl (C=O) groups excluding carboxylic acids is 2. The lowest BCUT2D eigenvalue weighted by Crippen LogP contribution is -2.35. The summed E-state index contributed by atoms with van der Waals surface area (Å²) in [7, 11) is 0. The molecule has 5 heteroatoms. The van der Waals surface area contributed by atoms with Crippen molar-refractivity contribution in [2.75, 3.05) is 16.8 Å². The molecule has 3 aromatic rings. The van der Waals surface area contributed by atoms with Crippen LogP contribution in [-0.2, 0) is 6.42 Å². The Morgan fingerprint density at radius 2 is 1.76 bits per heavy atom. The molecule has 0 spiro atoms. The number of carbonyl (C=O) groups is 2. The van der Waals surface area contributed by atoms with E-state index in [0.717, 1.165) is 29.7 Å². The van der Waals surface area contributed by atoms with Crippen LogP contribution in [0.4, 0.5) is 11.4 Å². The molecule has 2 amide bonds. The highest BCUT2D eigenvalue weighted by Gasteiger charge is 2.24. The minimum atomic E-state index is -0.190. The number of anilines is 2. The van der Waals surface area contributed by atoms with Crippen molar-refractivity contribution in [1.29, 1.82) is 0 Å². The summed E-state index contributed by atoms with van der Waals surface area (Å²) in [6, 6.07) is 20.2. The van der Waals surface area contributed by atoms with E-state index in [4.69, 9.17) is 11.6 Å². The van der Waals surface area contributed by atoms with E-state index < -0.39 is 0 Å². The normalized spacial score (nSPS) is 13.0. The van der Waals surface area contributed by atoms with Crippen LogP contribution in [0.3, 0.4) is 0 Å². The first-order chi connectivity index (χ1) is 14.0. The Morgan fingerprint density at radius 3 is 2.55 bits per heavy atom. The minimum absolute atomic E-state index is 0.0155. The van der Waals surface area contributed by atoms with E-state index >= 15 is 0 Å². The topological polar surface area (TPSA) is 49.4 Å². The quantitative estimate of drug-likeness (QED) is 0.627. The number of hydrogen-bond donors (Lipinski definition) is 1. The number of amides is 2. The third kappa shape index (κ3) is 3.89. The molecule has 1 N–H and O–H groups in total. The number of nitrogens with zero attached hydrogens (tertiary/aromatic N) is 1. The van der Waals surface area contributed by atoms with Crippen LogP contribution in [0.25, 0.3) is 0 Å². The molecule has 1 aliphatic rings. The zero-order valence-electron chi connectivity index (χ0n) is 16.1. The van der Waals surface area contributed by atoms with Gasteiger partial charge in [-0.1, -0.05) is 35.9 Å². The largest absolute Gasteiger partial charge is 0.322 e. The van der Waals surface area contributed by atoms with Crippen LogP contribution < -0.4 is 10.2 Å². The zero-order chi connectivity index (χ0) is 20.4. The summed E-state index contributed by atoms with van der Waals surface area (Å²) in [4.78, 5) is 27.5. The number of halogens is 1. The molecule has 1 heterocycles. The maximum absolute atomic E-state index is 12.9. The number of hydrogen-bond acceptors (Lipinski definition) is 2. The van der Waals surface area contributed by atoms with Crippen LogP contribution in [0.15, 0.2) is 66.7 Å². The molecule has 4 nitrogen and oxygen atoms in total. The van der Waals surface area contributed by atoms with Crippen LogP contribution in [0.2, 0.25) is 5.02 Å². The van der Waals surface area contributed by atoms with E-state index in [1.165, 1.54) is 0 Å². The molecule has 1 aliphatic heterocycles. The van der Waals surface area contributed by atoms with E-state index in [1.54, 1.807) is 17.0 Å². The number of rotatable bonds is 3. The first-order valence-corrected chi connectivity index (χ1v) is 9.98.